The number of aliphatic hydroxyl groups excluding tert-OH is 1. The molecule has 15 heavy (non-hydrogen) atoms. The van der Waals surface area contributed by atoms with Gasteiger partial charge in [-0.25, -0.2) is 0 Å². The number of nitro benzene ring substituents is 1. The van der Waals surface area contributed by atoms with Crippen molar-refractivity contribution < 1.29 is 15.1 Å². The number of rotatable bonds is 3. The van der Waals surface area contributed by atoms with Gasteiger partial charge in [0.2, 0.25) is 0 Å². The van der Waals surface area contributed by atoms with Gasteiger partial charge in [0.15, 0.2) is 0 Å². The third kappa shape index (κ3) is 2.87. The summed E-state index contributed by atoms with van der Waals surface area (Å²) >= 11 is 0. The molecule has 6 heteroatoms. The van der Waals surface area contributed by atoms with Crippen molar-refractivity contribution in [3.05, 3.63) is 51.6 Å². The van der Waals surface area contributed by atoms with Crippen LogP contribution in [0.1, 0.15) is 5.56 Å². The Labute approximate surface area is 85.4 Å². The number of nitrogens with zero attached hydrogens (tertiary/aromatic N) is 1. The van der Waals surface area contributed by atoms with E-state index in [2.05, 4.69) is 0 Å². The number of nitrogens with two attached hydrogens (primary N) is 1. The van der Waals surface area contributed by atoms with Gasteiger partial charge in [-0.1, -0.05) is 12.1 Å². The first-order valence-corrected chi connectivity index (χ1v) is 4.10. The molecule has 0 spiro atoms. The minimum Gasteiger partial charge on any atom is -0.480 e. The number of benzene rings is 1. The first-order valence-electron chi connectivity index (χ1n) is 4.10. The van der Waals surface area contributed by atoms with Crippen molar-refractivity contribution in [3.8, 4) is 0 Å². The molecule has 0 amide bonds. The summed E-state index contributed by atoms with van der Waals surface area (Å²) in [5, 5.41) is 27.6. The molecule has 0 aliphatic carbocycles. The van der Waals surface area contributed by atoms with Crippen LogP contribution in [0.5, 0.6) is 0 Å². The lowest BCUT2D eigenvalue weighted by Gasteiger charge is -2.01. The Morgan fingerprint density at radius 3 is 2.27 bits per heavy atom. The van der Waals surface area contributed by atoms with E-state index in [4.69, 9.17) is 15.9 Å². The number of non-ortho nitro benzene ring substituents is 1. The van der Waals surface area contributed by atoms with Crippen LogP contribution in [-0.2, 0) is 6.42 Å². The average Bonchev–Trinajstić information content (AvgIpc) is 2.18. The first-order chi connectivity index (χ1) is 7.00. The molecule has 0 aromatic heterocycles. The van der Waals surface area contributed by atoms with E-state index in [1.165, 1.54) is 24.3 Å². The maximum absolute atomic E-state index is 10.3. The number of hydrogen-bond acceptors (Lipinski definition) is 5. The number of aliphatic hydroxyl groups is 2. The van der Waals surface area contributed by atoms with Crippen molar-refractivity contribution in [3.63, 3.8) is 0 Å². The molecule has 6 nitrogen and oxygen atoms in total. The van der Waals surface area contributed by atoms with Crippen LogP contribution in [0.15, 0.2) is 35.9 Å². The van der Waals surface area contributed by atoms with Gasteiger partial charge in [-0.05, 0) is 5.56 Å². The fourth-order valence-corrected chi connectivity index (χ4v) is 1.03. The maximum atomic E-state index is 10.3. The zero-order valence-electron chi connectivity index (χ0n) is 7.75. The Bertz CT molecular complexity index is 393. The van der Waals surface area contributed by atoms with Gasteiger partial charge in [-0.2, -0.15) is 0 Å². The predicted molar refractivity (Wildman–Crippen MR) is 53.3 cm³/mol. The Morgan fingerprint density at radius 1 is 1.33 bits per heavy atom. The minimum atomic E-state index is -0.923. The van der Waals surface area contributed by atoms with Crippen LogP contribution in [-0.4, -0.2) is 15.1 Å². The van der Waals surface area contributed by atoms with E-state index >= 15 is 0 Å². The second-order valence-electron chi connectivity index (χ2n) is 2.95. The standard InChI is InChI=1S/C9H10N2O4/c10-8(9(12)13)5-6-1-3-7(4-2-6)11(14)15/h1-4,12-13H,5,10H2. The van der Waals surface area contributed by atoms with Gasteiger partial charge in [0.25, 0.3) is 11.6 Å². The number of allylic oxidation sites excluding steroid dienone is 1. The molecule has 0 atom stereocenters. The molecular formula is C9H10N2O4. The lowest BCUT2D eigenvalue weighted by Crippen LogP contribution is -2.05. The Kier molecular flexibility index (Phi) is 3.12. The van der Waals surface area contributed by atoms with Crippen LogP contribution in [0.3, 0.4) is 0 Å². The molecule has 80 valence electrons. The number of hydrogen-bond donors (Lipinski definition) is 3. The summed E-state index contributed by atoms with van der Waals surface area (Å²) in [5.41, 5.74) is 5.86. The second kappa shape index (κ2) is 4.32. The summed E-state index contributed by atoms with van der Waals surface area (Å²) in [6.45, 7) is 0. The molecule has 0 saturated carbocycles. The lowest BCUT2D eigenvalue weighted by molar-refractivity contribution is -0.384. The van der Waals surface area contributed by atoms with Gasteiger partial charge in [0, 0.05) is 18.6 Å². The summed E-state index contributed by atoms with van der Waals surface area (Å²) in [6, 6.07) is 5.68. The zero-order chi connectivity index (χ0) is 11.4. The van der Waals surface area contributed by atoms with Crippen molar-refractivity contribution >= 4 is 5.69 Å². The molecule has 0 fully saturated rings. The zero-order valence-corrected chi connectivity index (χ0v) is 7.75. The van der Waals surface area contributed by atoms with Crippen LogP contribution in [0, 0.1) is 10.1 Å². The normalized spacial score (nSPS) is 9.60. The van der Waals surface area contributed by atoms with Crippen molar-refractivity contribution in [2.24, 2.45) is 5.73 Å². The highest BCUT2D eigenvalue weighted by Crippen LogP contribution is 2.13. The molecule has 0 heterocycles. The highest BCUT2D eigenvalue weighted by Gasteiger charge is 2.05. The molecule has 0 aliphatic rings. The quantitative estimate of drug-likeness (QED) is 0.396. The average molecular weight is 210 g/mol. The monoisotopic (exact) mass is 210 g/mol. The van der Waals surface area contributed by atoms with E-state index in [1.54, 1.807) is 0 Å². The Morgan fingerprint density at radius 2 is 1.87 bits per heavy atom. The largest absolute Gasteiger partial charge is 0.480 e. The van der Waals surface area contributed by atoms with Gasteiger partial charge in [-0.3, -0.25) is 10.1 Å². The van der Waals surface area contributed by atoms with Crippen molar-refractivity contribution in [2.45, 2.75) is 6.42 Å². The molecule has 1 rings (SSSR count). The molecule has 4 N–H and O–H groups in total. The lowest BCUT2D eigenvalue weighted by atomic mass is 10.1. The van der Waals surface area contributed by atoms with E-state index in [0.717, 1.165) is 0 Å². The summed E-state index contributed by atoms with van der Waals surface area (Å²) in [5.74, 6) is -0.923. The predicted octanol–water partition coefficient (Wildman–Crippen LogP) is 1.38. The SMILES string of the molecule is NC(Cc1ccc([N+](=O)[O-])cc1)=C(O)O. The van der Waals surface area contributed by atoms with Crippen LogP contribution < -0.4 is 5.73 Å². The van der Waals surface area contributed by atoms with Gasteiger partial charge < -0.3 is 15.9 Å². The highest BCUT2D eigenvalue weighted by molar-refractivity contribution is 5.34. The number of nitro groups is 1. The van der Waals surface area contributed by atoms with Gasteiger partial charge in [0.05, 0.1) is 10.6 Å². The molecule has 0 aliphatic heterocycles. The third-order valence-corrected chi connectivity index (χ3v) is 1.83. The third-order valence-electron chi connectivity index (χ3n) is 1.83. The fraction of sp³-hybridized carbons (Fsp3) is 0.111. The summed E-state index contributed by atoms with van der Waals surface area (Å²) in [6.07, 6.45) is 0.139. The second-order valence-corrected chi connectivity index (χ2v) is 2.95. The van der Waals surface area contributed by atoms with E-state index in [-0.39, 0.29) is 17.8 Å². The van der Waals surface area contributed by atoms with Crippen LogP contribution >= 0.6 is 0 Å². The van der Waals surface area contributed by atoms with Crippen LogP contribution in [0.2, 0.25) is 0 Å². The Hall–Kier alpha value is -2.24. The first kappa shape index (κ1) is 10.8. The summed E-state index contributed by atoms with van der Waals surface area (Å²) < 4.78 is 0. The fourth-order valence-electron chi connectivity index (χ4n) is 1.03. The van der Waals surface area contributed by atoms with E-state index in [0.29, 0.717) is 5.56 Å². The highest BCUT2D eigenvalue weighted by atomic mass is 16.6. The molecule has 0 unspecified atom stereocenters. The minimum absolute atomic E-state index is 0.0190. The van der Waals surface area contributed by atoms with Crippen molar-refractivity contribution in [1.82, 2.24) is 0 Å². The van der Waals surface area contributed by atoms with Gasteiger partial charge in [-0.15, -0.1) is 0 Å². The molecule has 1 aromatic rings. The molecule has 0 bridgehead atoms. The van der Waals surface area contributed by atoms with E-state index < -0.39 is 10.9 Å². The van der Waals surface area contributed by atoms with Crippen LogP contribution in [0.25, 0.3) is 0 Å². The summed E-state index contributed by atoms with van der Waals surface area (Å²) in [4.78, 5) is 9.83. The van der Waals surface area contributed by atoms with Gasteiger partial charge in [0.1, 0.15) is 0 Å². The summed E-state index contributed by atoms with van der Waals surface area (Å²) in [7, 11) is 0. The topological polar surface area (TPSA) is 110 Å². The smallest absolute Gasteiger partial charge is 0.294 e. The molecule has 0 saturated heterocycles. The van der Waals surface area contributed by atoms with E-state index in [1.807, 2.05) is 0 Å². The van der Waals surface area contributed by atoms with E-state index in [9.17, 15) is 10.1 Å². The van der Waals surface area contributed by atoms with Crippen LogP contribution in [0.4, 0.5) is 5.69 Å². The maximum Gasteiger partial charge on any atom is 0.294 e. The Balaban J connectivity index is 2.82. The molecular weight excluding hydrogens is 200 g/mol. The molecule has 1 aromatic carbocycles. The van der Waals surface area contributed by atoms with Crippen molar-refractivity contribution in [2.75, 3.05) is 0 Å². The van der Waals surface area contributed by atoms with Gasteiger partial charge >= 0.3 is 0 Å². The van der Waals surface area contributed by atoms with Crippen molar-refractivity contribution in [1.29, 1.82) is 0 Å². The molecule has 0 radical (unpaired) electrons.